The van der Waals surface area contributed by atoms with E-state index in [0.29, 0.717) is 5.76 Å². The first-order valence-corrected chi connectivity index (χ1v) is 6.85. The molecular weight excluding hydrogens is 278 g/mol. The Bertz CT molecular complexity index is 654. The molecule has 96 valence electrons. The van der Waals surface area contributed by atoms with Crippen molar-refractivity contribution in [1.82, 2.24) is 14.7 Å². The average molecular weight is 288 g/mol. The van der Waals surface area contributed by atoms with Crippen molar-refractivity contribution in [3.8, 4) is 0 Å². The number of hydrogen-bond acceptors (Lipinski definition) is 5. The maximum Gasteiger partial charge on any atom is 0.244 e. The third-order valence-electron chi connectivity index (χ3n) is 2.11. The van der Waals surface area contributed by atoms with Crippen molar-refractivity contribution < 1.29 is 12.8 Å². The summed E-state index contributed by atoms with van der Waals surface area (Å²) in [5, 5.41) is 0.112. The predicted octanol–water partition coefficient (Wildman–Crippen LogP) is 1.51. The molecule has 0 saturated heterocycles. The van der Waals surface area contributed by atoms with Crippen molar-refractivity contribution in [2.45, 2.75) is 18.4 Å². The van der Waals surface area contributed by atoms with E-state index in [1.54, 1.807) is 6.92 Å². The highest BCUT2D eigenvalue weighted by Crippen LogP contribution is 2.19. The fourth-order valence-corrected chi connectivity index (χ4v) is 2.68. The van der Waals surface area contributed by atoms with Gasteiger partial charge >= 0.3 is 0 Å². The van der Waals surface area contributed by atoms with Gasteiger partial charge in [0.1, 0.15) is 10.7 Å². The summed E-state index contributed by atoms with van der Waals surface area (Å²) in [7, 11) is -3.72. The van der Waals surface area contributed by atoms with Gasteiger partial charge in [0.25, 0.3) is 0 Å². The molecule has 0 radical (unpaired) electrons. The molecule has 0 aromatic carbocycles. The molecule has 0 amide bonds. The van der Waals surface area contributed by atoms with Crippen molar-refractivity contribution in [3.63, 3.8) is 0 Å². The van der Waals surface area contributed by atoms with Crippen LogP contribution < -0.4 is 4.72 Å². The lowest BCUT2D eigenvalue weighted by atomic mass is 10.5. The van der Waals surface area contributed by atoms with Crippen LogP contribution in [0.5, 0.6) is 0 Å². The molecule has 2 rings (SSSR count). The van der Waals surface area contributed by atoms with E-state index in [4.69, 9.17) is 16.0 Å². The van der Waals surface area contributed by atoms with Gasteiger partial charge in [-0.3, -0.25) is 4.98 Å². The first kappa shape index (κ1) is 13.0. The molecule has 0 unspecified atom stereocenters. The van der Waals surface area contributed by atoms with Crippen molar-refractivity contribution in [2.75, 3.05) is 0 Å². The number of aryl methyl sites for hydroxylation is 1. The van der Waals surface area contributed by atoms with Crippen LogP contribution in [0.1, 0.15) is 11.7 Å². The van der Waals surface area contributed by atoms with Crippen LogP contribution in [0.2, 0.25) is 5.02 Å². The van der Waals surface area contributed by atoms with E-state index in [2.05, 4.69) is 14.7 Å². The van der Waals surface area contributed by atoms with Crippen molar-refractivity contribution in [1.29, 1.82) is 0 Å². The quantitative estimate of drug-likeness (QED) is 0.921. The smallest absolute Gasteiger partial charge is 0.244 e. The Balaban J connectivity index is 2.16. The fraction of sp³-hybridized carbons (Fsp3) is 0.200. The minimum atomic E-state index is -3.72. The Labute approximate surface area is 109 Å². The summed E-state index contributed by atoms with van der Waals surface area (Å²) in [6.07, 6.45) is 4.12. The van der Waals surface area contributed by atoms with E-state index in [-0.39, 0.29) is 22.4 Å². The van der Waals surface area contributed by atoms with Gasteiger partial charge in [0.2, 0.25) is 15.9 Å². The van der Waals surface area contributed by atoms with Gasteiger partial charge in [0.15, 0.2) is 0 Å². The van der Waals surface area contributed by atoms with Crippen LogP contribution in [0.3, 0.4) is 0 Å². The van der Waals surface area contributed by atoms with Crippen LogP contribution in [0.15, 0.2) is 34.0 Å². The summed E-state index contributed by atoms with van der Waals surface area (Å²) in [6, 6.07) is 1.41. The second-order valence-electron chi connectivity index (χ2n) is 3.50. The molecule has 0 aliphatic heterocycles. The summed E-state index contributed by atoms with van der Waals surface area (Å²) in [6.45, 7) is 1.68. The summed E-state index contributed by atoms with van der Waals surface area (Å²) in [4.78, 5) is 7.55. The Morgan fingerprint density at radius 3 is 2.83 bits per heavy atom. The molecule has 0 spiro atoms. The van der Waals surface area contributed by atoms with Gasteiger partial charge in [0, 0.05) is 12.4 Å². The van der Waals surface area contributed by atoms with Crippen LogP contribution in [-0.4, -0.2) is 18.4 Å². The second-order valence-corrected chi connectivity index (χ2v) is 5.64. The molecule has 0 aliphatic rings. The van der Waals surface area contributed by atoms with E-state index in [0.717, 1.165) is 0 Å². The number of oxazole rings is 1. The van der Waals surface area contributed by atoms with Gasteiger partial charge in [-0.25, -0.2) is 18.1 Å². The van der Waals surface area contributed by atoms with E-state index in [1.165, 1.54) is 24.7 Å². The third kappa shape index (κ3) is 2.87. The van der Waals surface area contributed by atoms with E-state index < -0.39 is 10.0 Å². The second kappa shape index (κ2) is 5.05. The molecule has 0 aliphatic carbocycles. The highest BCUT2D eigenvalue weighted by Gasteiger charge is 2.18. The van der Waals surface area contributed by atoms with E-state index >= 15 is 0 Å². The van der Waals surface area contributed by atoms with Gasteiger partial charge in [0.05, 0.1) is 17.8 Å². The summed E-state index contributed by atoms with van der Waals surface area (Å²) >= 11 is 5.80. The van der Waals surface area contributed by atoms with E-state index in [9.17, 15) is 8.42 Å². The van der Waals surface area contributed by atoms with Gasteiger partial charge < -0.3 is 4.42 Å². The summed E-state index contributed by atoms with van der Waals surface area (Å²) in [5.41, 5.74) is 0. The monoisotopic (exact) mass is 287 g/mol. The molecule has 0 saturated carbocycles. The van der Waals surface area contributed by atoms with Crippen molar-refractivity contribution >= 4 is 21.6 Å². The van der Waals surface area contributed by atoms with Crippen LogP contribution in [-0.2, 0) is 16.6 Å². The molecule has 6 nitrogen and oxygen atoms in total. The normalized spacial score (nSPS) is 11.7. The number of sulfonamides is 1. The Morgan fingerprint density at radius 2 is 2.22 bits per heavy atom. The topological polar surface area (TPSA) is 85.1 Å². The SMILES string of the molecule is Cc1cnc(CNS(=O)(=O)c2cnccc2Cl)o1. The van der Waals surface area contributed by atoms with Gasteiger partial charge in [-0.1, -0.05) is 11.6 Å². The Hall–Kier alpha value is -1.44. The number of nitrogens with one attached hydrogen (secondary N) is 1. The molecule has 18 heavy (non-hydrogen) atoms. The van der Waals surface area contributed by atoms with Crippen LogP contribution in [0, 0.1) is 6.92 Å². The minimum Gasteiger partial charge on any atom is -0.445 e. The number of aromatic nitrogens is 2. The molecule has 0 atom stereocenters. The summed E-state index contributed by atoms with van der Waals surface area (Å²) in [5.74, 6) is 0.902. The Morgan fingerprint density at radius 1 is 1.44 bits per heavy atom. The third-order valence-corrected chi connectivity index (χ3v) is 3.98. The van der Waals surface area contributed by atoms with Crippen LogP contribution in [0.25, 0.3) is 0 Å². The van der Waals surface area contributed by atoms with Gasteiger partial charge in [-0.05, 0) is 13.0 Å². The van der Waals surface area contributed by atoms with Crippen molar-refractivity contribution in [3.05, 3.63) is 41.3 Å². The predicted molar refractivity (Wildman–Crippen MR) is 64.5 cm³/mol. The highest BCUT2D eigenvalue weighted by atomic mass is 35.5. The number of halogens is 1. The lowest BCUT2D eigenvalue weighted by molar-refractivity contribution is 0.463. The zero-order valence-corrected chi connectivity index (χ0v) is 11.0. The molecule has 2 aromatic rings. The van der Waals surface area contributed by atoms with Gasteiger partial charge in [-0.15, -0.1) is 0 Å². The average Bonchev–Trinajstić information content (AvgIpc) is 2.73. The first-order chi connectivity index (χ1) is 8.49. The van der Waals surface area contributed by atoms with Crippen LogP contribution in [0.4, 0.5) is 0 Å². The number of rotatable bonds is 4. The fourth-order valence-electron chi connectivity index (χ4n) is 1.28. The molecule has 2 heterocycles. The molecule has 0 fully saturated rings. The van der Waals surface area contributed by atoms with E-state index in [1.807, 2.05) is 0 Å². The maximum atomic E-state index is 11.9. The molecule has 1 N–H and O–H groups in total. The number of hydrogen-bond donors (Lipinski definition) is 1. The lowest BCUT2D eigenvalue weighted by Gasteiger charge is -2.05. The minimum absolute atomic E-state index is 0.0403. The lowest BCUT2D eigenvalue weighted by Crippen LogP contribution is -2.23. The standard InChI is InChI=1S/C10H10ClN3O3S/c1-7-4-13-10(17-7)6-14-18(15,16)9-5-12-3-2-8(9)11/h2-5,14H,6H2,1H3. The number of nitrogens with zero attached hydrogens (tertiary/aromatic N) is 2. The molecule has 2 aromatic heterocycles. The maximum absolute atomic E-state index is 11.9. The molecular formula is C10H10ClN3O3S. The van der Waals surface area contributed by atoms with Crippen LogP contribution >= 0.6 is 11.6 Å². The molecule has 0 bridgehead atoms. The highest BCUT2D eigenvalue weighted by molar-refractivity contribution is 7.89. The summed E-state index contributed by atoms with van der Waals surface area (Å²) < 4.78 is 31.4. The molecule has 8 heteroatoms. The number of pyridine rings is 1. The Kier molecular flexibility index (Phi) is 3.65. The zero-order chi connectivity index (χ0) is 13.2. The first-order valence-electron chi connectivity index (χ1n) is 4.99. The zero-order valence-electron chi connectivity index (χ0n) is 9.42. The van der Waals surface area contributed by atoms with Gasteiger partial charge in [-0.2, -0.15) is 0 Å². The largest absolute Gasteiger partial charge is 0.445 e. The van der Waals surface area contributed by atoms with Crippen molar-refractivity contribution in [2.24, 2.45) is 0 Å².